The van der Waals surface area contributed by atoms with E-state index in [1.165, 1.54) is 6.07 Å². The molecule has 9 heteroatoms. The van der Waals surface area contributed by atoms with Crippen molar-refractivity contribution in [3.8, 4) is 0 Å². The summed E-state index contributed by atoms with van der Waals surface area (Å²) < 4.78 is 16.3. The summed E-state index contributed by atoms with van der Waals surface area (Å²) in [5, 5.41) is 24.9. The van der Waals surface area contributed by atoms with Crippen LogP contribution in [0.5, 0.6) is 0 Å². The second kappa shape index (κ2) is 11.2. The van der Waals surface area contributed by atoms with E-state index in [1.54, 1.807) is 12.1 Å². The summed E-state index contributed by atoms with van der Waals surface area (Å²) >= 11 is 9.62. The van der Waals surface area contributed by atoms with Gasteiger partial charge >= 0.3 is 0 Å². The van der Waals surface area contributed by atoms with Crippen LogP contribution in [0.2, 0.25) is 5.02 Å². The van der Waals surface area contributed by atoms with Crippen molar-refractivity contribution >= 4 is 33.4 Å². The van der Waals surface area contributed by atoms with Gasteiger partial charge in [-0.3, -0.25) is 4.79 Å². The summed E-state index contributed by atoms with van der Waals surface area (Å²) in [5.74, 6) is -1.72. The highest BCUT2D eigenvalue weighted by Gasteiger charge is 2.57. The summed E-state index contributed by atoms with van der Waals surface area (Å²) in [6, 6.07) is 11.1. The second-order valence-electron chi connectivity index (χ2n) is 10.4. The quantitative estimate of drug-likeness (QED) is 0.332. The number of hydrogen-bond acceptors (Lipinski definition) is 5. The first-order valence-electron chi connectivity index (χ1n) is 11.7. The van der Waals surface area contributed by atoms with E-state index in [0.29, 0.717) is 6.42 Å². The van der Waals surface area contributed by atoms with Crippen molar-refractivity contribution < 1.29 is 19.4 Å². The fourth-order valence-electron chi connectivity index (χ4n) is 4.89. The molecule has 2 aromatic rings. The van der Waals surface area contributed by atoms with Crippen LogP contribution in [0.25, 0.3) is 0 Å². The molecule has 5 atom stereocenters. The lowest BCUT2D eigenvalue weighted by Crippen LogP contribution is -2.52. The molecule has 192 valence electrons. The number of amides is 1. The highest BCUT2D eigenvalue weighted by molar-refractivity contribution is 9.10. The molecule has 2 aromatic carbocycles. The first kappa shape index (κ1) is 28.0. The summed E-state index contributed by atoms with van der Waals surface area (Å²) in [7, 11) is 0. The van der Waals surface area contributed by atoms with Crippen LogP contribution >= 0.6 is 27.5 Å². The molecule has 1 heterocycles. The zero-order chi connectivity index (χ0) is 26.0. The highest BCUT2D eigenvalue weighted by Crippen LogP contribution is 2.49. The van der Waals surface area contributed by atoms with E-state index in [4.69, 9.17) is 22.4 Å². The molecule has 3 rings (SSSR count). The van der Waals surface area contributed by atoms with Gasteiger partial charge < -0.3 is 26.6 Å². The zero-order valence-corrected chi connectivity index (χ0v) is 22.5. The monoisotopic (exact) mass is 569 g/mol. The van der Waals surface area contributed by atoms with Gasteiger partial charge in [0.1, 0.15) is 5.82 Å². The Kier molecular flexibility index (Phi) is 9.00. The van der Waals surface area contributed by atoms with E-state index in [2.05, 4.69) is 47.3 Å². The van der Waals surface area contributed by atoms with E-state index in [1.807, 2.05) is 24.3 Å². The van der Waals surface area contributed by atoms with Crippen LogP contribution in [-0.4, -0.2) is 47.5 Å². The molecule has 6 nitrogen and oxygen atoms in total. The molecule has 1 amide bonds. The van der Waals surface area contributed by atoms with Crippen LogP contribution in [0.1, 0.15) is 50.7 Å². The molecule has 0 bridgehead atoms. The molecule has 0 radical (unpaired) electrons. The summed E-state index contributed by atoms with van der Waals surface area (Å²) in [4.78, 5) is 13.4. The smallest absolute Gasteiger partial charge is 0.237 e. The lowest BCUT2D eigenvalue weighted by molar-refractivity contribution is -0.123. The van der Waals surface area contributed by atoms with E-state index in [9.17, 15) is 9.90 Å². The molecule has 0 spiro atoms. The van der Waals surface area contributed by atoms with Crippen molar-refractivity contribution in [3.63, 3.8) is 0 Å². The summed E-state index contributed by atoms with van der Waals surface area (Å²) in [5.41, 5.74) is 7.04. The first-order valence-corrected chi connectivity index (χ1v) is 12.9. The van der Waals surface area contributed by atoms with Crippen molar-refractivity contribution in [2.45, 2.75) is 63.3 Å². The lowest BCUT2D eigenvalue weighted by Gasteiger charge is -2.39. The number of halogens is 3. The molecule has 1 unspecified atom stereocenters. The van der Waals surface area contributed by atoms with Gasteiger partial charge in [0.2, 0.25) is 5.91 Å². The Hall–Kier alpha value is -1.55. The van der Waals surface area contributed by atoms with E-state index >= 15 is 4.39 Å². The maximum absolute atomic E-state index is 15.5. The molecule has 1 fully saturated rings. The van der Waals surface area contributed by atoms with Crippen molar-refractivity contribution in [1.82, 2.24) is 10.6 Å². The predicted molar refractivity (Wildman–Crippen MR) is 140 cm³/mol. The average molecular weight is 571 g/mol. The standard InChI is InChI=1S/C26H34BrClFN3O3/c1-25(2,3)13-20-26(30,15-7-9-16(27)10-8-15)21(18-5-4-6-19(28)22(18)29)23(32-20)24(35)31-12-11-17(34)14-33/h4-10,17,20-21,23,32-34H,11-14,30H2,1-3H3,(H,31,35)/t17?,20-,21-,23+,26+/m0/s1. The van der Waals surface area contributed by atoms with Crippen molar-refractivity contribution in [1.29, 1.82) is 0 Å². The molecule has 0 saturated carbocycles. The predicted octanol–water partition coefficient (Wildman–Crippen LogP) is 3.82. The number of carbonyl (C=O) groups is 1. The van der Waals surface area contributed by atoms with Gasteiger partial charge in [0.15, 0.2) is 0 Å². The Morgan fingerprint density at radius 2 is 1.94 bits per heavy atom. The Morgan fingerprint density at radius 1 is 1.29 bits per heavy atom. The van der Waals surface area contributed by atoms with Crippen molar-refractivity contribution in [2.24, 2.45) is 11.1 Å². The molecule has 0 aromatic heterocycles. The Balaban J connectivity index is 2.12. The third kappa shape index (κ3) is 6.24. The van der Waals surface area contributed by atoms with Crippen LogP contribution < -0.4 is 16.4 Å². The number of aliphatic hydroxyl groups excluding tert-OH is 2. The van der Waals surface area contributed by atoms with E-state index in [-0.39, 0.29) is 40.9 Å². The van der Waals surface area contributed by atoms with Gasteiger partial charge in [0, 0.05) is 23.0 Å². The van der Waals surface area contributed by atoms with Gasteiger partial charge in [-0.05, 0) is 47.6 Å². The number of nitrogens with two attached hydrogens (primary N) is 1. The molecule has 0 aliphatic carbocycles. The largest absolute Gasteiger partial charge is 0.394 e. The van der Waals surface area contributed by atoms with Crippen LogP contribution in [0.4, 0.5) is 4.39 Å². The Labute approximate surface area is 219 Å². The summed E-state index contributed by atoms with van der Waals surface area (Å²) in [6.07, 6.45) is -0.111. The van der Waals surface area contributed by atoms with Gasteiger partial charge in [-0.2, -0.15) is 0 Å². The molecule has 35 heavy (non-hydrogen) atoms. The van der Waals surface area contributed by atoms with Crippen molar-refractivity contribution in [2.75, 3.05) is 13.2 Å². The van der Waals surface area contributed by atoms with Gasteiger partial charge in [-0.1, -0.05) is 72.6 Å². The SMILES string of the molecule is CC(C)(C)C[C@@H]1N[C@@H](C(=O)NCCC(O)CO)[C@H](c2cccc(Cl)c2F)[C@@]1(N)c1ccc(Br)cc1. The van der Waals surface area contributed by atoms with Gasteiger partial charge in [-0.15, -0.1) is 0 Å². The van der Waals surface area contributed by atoms with Crippen LogP contribution in [0.3, 0.4) is 0 Å². The fourth-order valence-corrected chi connectivity index (χ4v) is 5.34. The average Bonchev–Trinajstić information content (AvgIpc) is 3.07. The number of aliphatic hydroxyl groups is 2. The van der Waals surface area contributed by atoms with Crippen LogP contribution in [0.15, 0.2) is 46.9 Å². The van der Waals surface area contributed by atoms with Crippen LogP contribution in [-0.2, 0) is 10.3 Å². The number of carbonyl (C=O) groups excluding carboxylic acids is 1. The number of benzene rings is 2. The van der Waals surface area contributed by atoms with Crippen LogP contribution in [0, 0.1) is 11.2 Å². The van der Waals surface area contributed by atoms with Gasteiger partial charge in [0.25, 0.3) is 0 Å². The number of nitrogens with one attached hydrogen (secondary N) is 2. The molecule has 1 aliphatic rings. The Bertz CT molecular complexity index is 1030. The molecule has 1 saturated heterocycles. The van der Waals surface area contributed by atoms with E-state index < -0.39 is 36.0 Å². The maximum atomic E-state index is 15.5. The number of rotatable bonds is 8. The number of hydrogen-bond donors (Lipinski definition) is 5. The zero-order valence-electron chi connectivity index (χ0n) is 20.2. The second-order valence-corrected chi connectivity index (χ2v) is 11.8. The minimum Gasteiger partial charge on any atom is -0.394 e. The van der Waals surface area contributed by atoms with Gasteiger partial charge in [0.05, 0.1) is 29.3 Å². The van der Waals surface area contributed by atoms with E-state index in [0.717, 1.165) is 10.0 Å². The molecular formula is C26H34BrClFN3O3. The topological polar surface area (TPSA) is 108 Å². The minimum atomic E-state index is -1.13. The van der Waals surface area contributed by atoms with Gasteiger partial charge in [-0.25, -0.2) is 4.39 Å². The fraction of sp³-hybridized carbons (Fsp3) is 0.500. The lowest BCUT2D eigenvalue weighted by atomic mass is 9.68. The normalized spacial score (nSPS) is 25.5. The molecule has 1 aliphatic heterocycles. The third-order valence-electron chi connectivity index (χ3n) is 6.55. The molecular weight excluding hydrogens is 537 g/mol. The van der Waals surface area contributed by atoms with Crippen molar-refractivity contribution in [3.05, 3.63) is 68.9 Å². The molecule has 6 N–H and O–H groups in total. The summed E-state index contributed by atoms with van der Waals surface area (Å²) in [6.45, 7) is 6.04. The first-order chi connectivity index (χ1) is 16.4. The third-order valence-corrected chi connectivity index (χ3v) is 7.37. The highest BCUT2D eigenvalue weighted by atomic mass is 79.9. The maximum Gasteiger partial charge on any atom is 0.237 e. The minimum absolute atomic E-state index is 0.0369. The Morgan fingerprint density at radius 3 is 2.54 bits per heavy atom.